The minimum Gasteiger partial charge on any atom is -0.385 e. The summed E-state index contributed by atoms with van der Waals surface area (Å²) in [6.45, 7) is 9.15. The molecular formula is C20H28N6OS. The van der Waals surface area contributed by atoms with Crippen molar-refractivity contribution >= 4 is 34.9 Å². The molecule has 7 nitrogen and oxygen atoms in total. The first-order valence-corrected chi connectivity index (χ1v) is 9.56. The van der Waals surface area contributed by atoms with Gasteiger partial charge in [0.1, 0.15) is 0 Å². The number of rotatable bonds is 6. The predicted molar refractivity (Wildman–Crippen MR) is 119 cm³/mol. The molecule has 0 bridgehead atoms. The van der Waals surface area contributed by atoms with E-state index in [0.29, 0.717) is 30.2 Å². The van der Waals surface area contributed by atoms with Crippen LogP contribution in [0.1, 0.15) is 28.9 Å². The highest BCUT2D eigenvalue weighted by Crippen LogP contribution is 2.16. The van der Waals surface area contributed by atoms with E-state index in [-0.39, 0.29) is 0 Å². The van der Waals surface area contributed by atoms with Crippen molar-refractivity contribution in [1.82, 2.24) is 15.3 Å². The number of anilines is 2. The number of nitrogens with one attached hydrogen (secondary N) is 3. The van der Waals surface area contributed by atoms with Gasteiger partial charge in [0.2, 0.25) is 11.9 Å². The van der Waals surface area contributed by atoms with Gasteiger partial charge in [0.15, 0.2) is 5.11 Å². The van der Waals surface area contributed by atoms with Gasteiger partial charge < -0.3 is 15.4 Å². The highest BCUT2D eigenvalue weighted by Gasteiger charge is 2.08. The third-order valence-corrected chi connectivity index (χ3v) is 4.07. The molecule has 0 atom stereocenters. The summed E-state index contributed by atoms with van der Waals surface area (Å²) in [5.74, 6) is 0.967. The zero-order valence-corrected chi connectivity index (χ0v) is 17.9. The first-order valence-electron chi connectivity index (χ1n) is 9.15. The summed E-state index contributed by atoms with van der Waals surface area (Å²) in [5.41, 5.74) is 4.98. The Bertz CT molecular complexity index is 832. The molecule has 2 aromatic rings. The van der Waals surface area contributed by atoms with Crippen LogP contribution in [0.3, 0.4) is 0 Å². The Labute approximate surface area is 172 Å². The molecule has 0 amide bonds. The fourth-order valence-electron chi connectivity index (χ4n) is 2.53. The van der Waals surface area contributed by atoms with Crippen LogP contribution in [0.5, 0.6) is 0 Å². The SMILES string of the molecule is COCCCN=C(NC(=S)Nc1cc(C)ccc1C)Nc1nc(C)cc(C)n1. The Hall–Kier alpha value is -2.58. The molecule has 1 aromatic carbocycles. The van der Waals surface area contributed by atoms with Crippen molar-refractivity contribution in [3.63, 3.8) is 0 Å². The Morgan fingerprint density at radius 2 is 1.79 bits per heavy atom. The molecule has 1 aromatic heterocycles. The Kier molecular flexibility index (Phi) is 8.28. The van der Waals surface area contributed by atoms with E-state index in [1.165, 1.54) is 0 Å². The quantitative estimate of drug-likeness (QED) is 0.296. The van der Waals surface area contributed by atoms with Gasteiger partial charge >= 0.3 is 0 Å². The van der Waals surface area contributed by atoms with E-state index in [2.05, 4.69) is 49.1 Å². The molecule has 0 aliphatic heterocycles. The van der Waals surface area contributed by atoms with E-state index in [0.717, 1.165) is 34.6 Å². The molecule has 8 heteroatoms. The van der Waals surface area contributed by atoms with Crippen LogP contribution >= 0.6 is 12.2 Å². The van der Waals surface area contributed by atoms with Crippen molar-refractivity contribution in [3.8, 4) is 0 Å². The van der Waals surface area contributed by atoms with Gasteiger partial charge in [-0.1, -0.05) is 12.1 Å². The van der Waals surface area contributed by atoms with Crippen molar-refractivity contribution in [2.24, 2.45) is 4.99 Å². The summed E-state index contributed by atoms with van der Waals surface area (Å²) in [5, 5.41) is 9.91. The number of aromatic nitrogens is 2. The lowest BCUT2D eigenvalue weighted by Gasteiger charge is -2.15. The van der Waals surface area contributed by atoms with Crippen LogP contribution in [0.25, 0.3) is 0 Å². The second-order valence-electron chi connectivity index (χ2n) is 6.57. The van der Waals surface area contributed by atoms with E-state index < -0.39 is 0 Å². The van der Waals surface area contributed by atoms with Crippen LogP contribution in [0, 0.1) is 27.7 Å². The molecule has 28 heavy (non-hydrogen) atoms. The number of methoxy groups -OCH3 is 1. The van der Waals surface area contributed by atoms with E-state index in [4.69, 9.17) is 17.0 Å². The van der Waals surface area contributed by atoms with Crippen molar-refractivity contribution < 1.29 is 4.74 Å². The molecule has 0 spiro atoms. The highest BCUT2D eigenvalue weighted by atomic mass is 32.1. The van der Waals surface area contributed by atoms with E-state index >= 15 is 0 Å². The van der Waals surface area contributed by atoms with Gasteiger partial charge in [-0.2, -0.15) is 0 Å². The Morgan fingerprint density at radius 1 is 1.07 bits per heavy atom. The Morgan fingerprint density at radius 3 is 2.46 bits per heavy atom. The molecule has 1 heterocycles. The molecule has 0 saturated heterocycles. The first-order chi connectivity index (χ1) is 13.4. The van der Waals surface area contributed by atoms with Gasteiger partial charge in [-0.25, -0.2) is 9.97 Å². The third-order valence-electron chi connectivity index (χ3n) is 3.86. The van der Waals surface area contributed by atoms with Crippen LogP contribution in [-0.2, 0) is 4.74 Å². The first kappa shape index (κ1) is 21.7. The molecule has 0 aliphatic rings. The van der Waals surface area contributed by atoms with E-state index in [1.54, 1.807) is 7.11 Å². The second-order valence-corrected chi connectivity index (χ2v) is 6.98. The number of benzene rings is 1. The number of hydrogen-bond acceptors (Lipinski definition) is 5. The standard InChI is InChI=1S/C20H28N6OS/c1-13-7-8-14(2)17(11-13)24-20(28)26-18(21-9-6-10-27-5)25-19-22-15(3)12-16(4)23-19/h7-8,11-12H,6,9-10H2,1-5H3,(H3,21,22,23,24,25,26,28). The van der Waals surface area contributed by atoms with Crippen molar-refractivity contribution in [2.45, 2.75) is 34.1 Å². The topological polar surface area (TPSA) is 83.5 Å². The van der Waals surface area contributed by atoms with Crippen LogP contribution in [0.2, 0.25) is 0 Å². The summed E-state index contributed by atoms with van der Waals surface area (Å²) in [7, 11) is 1.67. The summed E-state index contributed by atoms with van der Waals surface area (Å²) < 4.78 is 5.08. The van der Waals surface area contributed by atoms with Crippen LogP contribution in [0.15, 0.2) is 29.3 Å². The second kappa shape index (κ2) is 10.7. The molecule has 0 unspecified atom stereocenters. The number of thiocarbonyl (C=S) groups is 1. The Balaban J connectivity index is 2.11. The van der Waals surface area contributed by atoms with E-state index in [9.17, 15) is 0 Å². The van der Waals surface area contributed by atoms with Crippen LogP contribution in [0.4, 0.5) is 11.6 Å². The lowest BCUT2D eigenvalue weighted by atomic mass is 10.1. The van der Waals surface area contributed by atoms with Crippen molar-refractivity contribution in [2.75, 3.05) is 30.9 Å². The average Bonchev–Trinajstić information content (AvgIpc) is 2.61. The fraction of sp³-hybridized carbons (Fsp3) is 0.400. The maximum Gasteiger partial charge on any atom is 0.229 e. The summed E-state index contributed by atoms with van der Waals surface area (Å²) in [6, 6.07) is 8.10. The van der Waals surface area contributed by atoms with Gasteiger partial charge in [-0.05, 0) is 69.6 Å². The molecule has 2 rings (SSSR count). The molecule has 3 N–H and O–H groups in total. The van der Waals surface area contributed by atoms with Crippen molar-refractivity contribution in [1.29, 1.82) is 0 Å². The molecule has 150 valence electrons. The van der Waals surface area contributed by atoms with Crippen LogP contribution in [-0.4, -0.2) is 41.3 Å². The number of nitrogens with zero attached hydrogens (tertiary/aromatic N) is 3. The molecule has 0 radical (unpaired) electrons. The minimum absolute atomic E-state index is 0.441. The summed E-state index contributed by atoms with van der Waals surface area (Å²) in [4.78, 5) is 13.4. The van der Waals surface area contributed by atoms with Gasteiger partial charge in [-0.3, -0.25) is 10.3 Å². The van der Waals surface area contributed by atoms with Gasteiger partial charge in [-0.15, -0.1) is 0 Å². The molecule has 0 fully saturated rings. The number of aryl methyl sites for hydroxylation is 4. The van der Waals surface area contributed by atoms with Gasteiger partial charge in [0, 0.05) is 37.3 Å². The minimum atomic E-state index is 0.441. The summed E-state index contributed by atoms with van der Waals surface area (Å²) >= 11 is 5.48. The lowest BCUT2D eigenvalue weighted by molar-refractivity contribution is 0.197. The fourth-order valence-corrected chi connectivity index (χ4v) is 2.74. The van der Waals surface area contributed by atoms with Crippen molar-refractivity contribution in [3.05, 3.63) is 46.8 Å². The normalized spacial score (nSPS) is 11.2. The monoisotopic (exact) mass is 400 g/mol. The highest BCUT2D eigenvalue weighted by molar-refractivity contribution is 7.80. The lowest BCUT2D eigenvalue weighted by Crippen LogP contribution is -2.39. The number of guanidine groups is 1. The average molecular weight is 401 g/mol. The molecule has 0 saturated carbocycles. The third kappa shape index (κ3) is 7.21. The van der Waals surface area contributed by atoms with Gasteiger partial charge in [0.05, 0.1) is 0 Å². The largest absolute Gasteiger partial charge is 0.385 e. The molecule has 0 aliphatic carbocycles. The van der Waals surface area contributed by atoms with E-state index in [1.807, 2.05) is 33.8 Å². The number of hydrogen-bond donors (Lipinski definition) is 3. The number of ether oxygens (including phenoxy) is 1. The maximum atomic E-state index is 5.48. The number of aliphatic imine (C=N–C) groups is 1. The smallest absolute Gasteiger partial charge is 0.229 e. The maximum absolute atomic E-state index is 5.48. The summed E-state index contributed by atoms with van der Waals surface area (Å²) in [6.07, 6.45) is 0.800. The molecular weight excluding hydrogens is 372 g/mol. The zero-order valence-electron chi connectivity index (χ0n) is 17.1. The van der Waals surface area contributed by atoms with Gasteiger partial charge in [0.25, 0.3) is 0 Å². The predicted octanol–water partition coefficient (Wildman–Crippen LogP) is 3.50. The van der Waals surface area contributed by atoms with Crippen LogP contribution < -0.4 is 16.0 Å². The zero-order chi connectivity index (χ0) is 20.5.